The van der Waals surface area contributed by atoms with E-state index in [9.17, 15) is 0 Å². The van der Waals surface area contributed by atoms with E-state index in [-0.39, 0.29) is 0 Å². The molecule has 0 aliphatic rings. The summed E-state index contributed by atoms with van der Waals surface area (Å²) in [5, 5.41) is 3.77. The van der Waals surface area contributed by atoms with E-state index in [4.69, 9.17) is 23.2 Å². The molecule has 0 saturated carbocycles. The van der Waals surface area contributed by atoms with Gasteiger partial charge in [-0.15, -0.1) is 0 Å². The van der Waals surface area contributed by atoms with E-state index in [1.54, 1.807) is 0 Å². The van der Waals surface area contributed by atoms with Crippen molar-refractivity contribution in [1.82, 2.24) is 10.2 Å². The summed E-state index contributed by atoms with van der Waals surface area (Å²) in [6.45, 7) is 2.79. The van der Waals surface area contributed by atoms with Gasteiger partial charge in [0.05, 0.1) is 0 Å². The van der Waals surface area contributed by atoms with Crippen LogP contribution in [0.25, 0.3) is 0 Å². The summed E-state index contributed by atoms with van der Waals surface area (Å²) in [4.78, 5) is 2.14. The third-order valence-corrected chi connectivity index (χ3v) is 2.11. The second-order valence-corrected chi connectivity index (χ2v) is 3.45. The molecule has 0 heterocycles. The fraction of sp³-hybridized carbons (Fsp3) is 0.750. The Morgan fingerprint density at radius 2 is 2.25 bits per heavy atom. The highest BCUT2D eigenvalue weighted by molar-refractivity contribution is 6.36. The maximum Gasteiger partial charge on any atom is 0.0434 e. The molecule has 0 atom stereocenters. The Hall–Kier alpha value is 0.240. The Kier molecular flexibility index (Phi) is 8.02. The van der Waals surface area contributed by atoms with Crippen LogP contribution in [0.5, 0.6) is 0 Å². The molecule has 0 spiro atoms. The third kappa shape index (κ3) is 6.92. The van der Waals surface area contributed by atoms with Crippen LogP contribution in [0.15, 0.2) is 10.6 Å². The van der Waals surface area contributed by atoms with Gasteiger partial charge in [0.15, 0.2) is 0 Å². The Bertz CT molecular complexity index is 137. The molecule has 1 N–H and O–H groups in total. The van der Waals surface area contributed by atoms with Crippen molar-refractivity contribution in [2.45, 2.75) is 6.42 Å². The van der Waals surface area contributed by atoms with E-state index in [2.05, 4.69) is 10.2 Å². The third-order valence-electron chi connectivity index (χ3n) is 1.51. The summed E-state index contributed by atoms with van der Waals surface area (Å²) in [5.74, 6) is 0. The molecule has 0 bridgehead atoms. The molecule has 0 rings (SSSR count). The number of hydrogen-bond acceptors (Lipinski definition) is 2. The highest BCUT2D eigenvalue weighted by Crippen LogP contribution is 2.04. The van der Waals surface area contributed by atoms with Crippen LogP contribution >= 0.6 is 23.2 Å². The van der Waals surface area contributed by atoms with Gasteiger partial charge in [-0.2, -0.15) is 0 Å². The normalized spacial score (nSPS) is 12.6. The fourth-order valence-corrected chi connectivity index (χ4v) is 1.17. The standard InChI is InChI=1S/C8H16Cl2N2/c1-11-4-3-5-12(2)7-8(10)6-9/h6,11H,3-5,7H2,1-2H3. The lowest BCUT2D eigenvalue weighted by molar-refractivity contribution is 0.360. The molecular formula is C8H16Cl2N2. The molecule has 0 unspecified atom stereocenters. The average Bonchev–Trinajstić information content (AvgIpc) is 2.05. The van der Waals surface area contributed by atoms with Crippen molar-refractivity contribution in [1.29, 1.82) is 0 Å². The average molecular weight is 211 g/mol. The van der Waals surface area contributed by atoms with Gasteiger partial charge in [0.25, 0.3) is 0 Å². The van der Waals surface area contributed by atoms with Crippen molar-refractivity contribution in [3.8, 4) is 0 Å². The van der Waals surface area contributed by atoms with Crippen molar-refractivity contribution in [3.05, 3.63) is 10.6 Å². The Morgan fingerprint density at radius 1 is 1.58 bits per heavy atom. The molecule has 72 valence electrons. The summed E-state index contributed by atoms with van der Waals surface area (Å²) < 4.78 is 0. The summed E-state index contributed by atoms with van der Waals surface area (Å²) in [6.07, 6.45) is 1.12. The zero-order chi connectivity index (χ0) is 9.40. The first-order valence-electron chi connectivity index (χ1n) is 3.98. The number of nitrogens with one attached hydrogen (secondary N) is 1. The minimum absolute atomic E-state index is 0.684. The van der Waals surface area contributed by atoms with Gasteiger partial charge >= 0.3 is 0 Å². The molecule has 0 aromatic carbocycles. The number of nitrogens with zero attached hydrogens (tertiary/aromatic N) is 1. The first kappa shape index (κ1) is 12.2. The quantitative estimate of drug-likeness (QED) is 0.674. The SMILES string of the molecule is CNCCCN(C)CC(Cl)=CCl. The van der Waals surface area contributed by atoms with Gasteiger partial charge in [0.2, 0.25) is 0 Å². The Labute approximate surface area is 84.5 Å². The fourth-order valence-electron chi connectivity index (χ4n) is 0.897. The van der Waals surface area contributed by atoms with Gasteiger partial charge in [-0.1, -0.05) is 23.2 Å². The molecule has 0 radical (unpaired) electrons. The molecule has 2 nitrogen and oxygen atoms in total. The first-order valence-corrected chi connectivity index (χ1v) is 4.80. The summed E-state index contributed by atoms with van der Waals surface area (Å²) in [5.41, 5.74) is 1.41. The van der Waals surface area contributed by atoms with E-state index < -0.39 is 0 Å². The van der Waals surface area contributed by atoms with E-state index in [0.717, 1.165) is 26.1 Å². The lowest BCUT2D eigenvalue weighted by Gasteiger charge is -2.15. The molecule has 0 aliphatic carbocycles. The predicted octanol–water partition coefficient (Wildman–Crippen LogP) is 1.85. The molecule has 0 saturated heterocycles. The lowest BCUT2D eigenvalue weighted by atomic mass is 10.4. The van der Waals surface area contributed by atoms with Gasteiger partial charge in [0.1, 0.15) is 0 Å². The molecular weight excluding hydrogens is 195 g/mol. The van der Waals surface area contributed by atoms with Crippen molar-refractivity contribution < 1.29 is 0 Å². The van der Waals surface area contributed by atoms with Gasteiger partial charge in [-0.25, -0.2) is 0 Å². The second kappa shape index (κ2) is 7.87. The van der Waals surface area contributed by atoms with Crippen LogP contribution < -0.4 is 5.32 Å². The smallest absolute Gasteiger partial charge is 0.0434 e. The van der Waals surface area contributed by atoms with E-state index in [0.29, 0.717) is 5.03 Å². The van der Waals surface area contributed by atoms with Crippen LogP contribution in [0.2, 0.25) is 0 Å². The highest BCUT2D eigenvalue weighted by atomic mass is 35.5. The second-order valence-electron chi connectivity index (χ2n) is 2.75. The molecule has 0 amide bonds. The van der Waals surface area contributed by atoms with Crippen molar-refractivity contribution in [2.24, 2.45) is 0 Å². The monoisotopic (exact) mass is 210 g/mol. The zero-order valence-corrected chi connectivity index (χ0v) is 9.12. The van der Waals surface area contributed by atoms with Crippen LogP contribution in [-0.4, -0.2) is 38.6 Å². The van der Waals surface area contributed by atoms with E-state index in [1.165, 1.54) is 5.54 Å². The first-order chi connectivity index (χ1) is 5.70. The molecule has 4 heteroatoms. The van der Waals surface area contributed by atoms with Gasteiger partial charge in [-0.05, 0) is 33.6 Å². The van der Waals surface area contributed by atoms with Crippen molar-refractivity contribution >= 4 is 23.2 Å². The number of halogens is 2. The summed E-state index contributed by atoms with van der Waals surface area (Å²) >= 11 is 11.2. The minimum Gasteiger partial charge on any atom is -0.320 e. The Balaban J connectivity index is 3.39. The van der Waals surface area contributed by atoms with Crippen molar-refractivity contribution in [2.75, 3.05) is 33.7 Å². The van der Waals surface area contributed by atoms with E-state index in [1.807, 2.05) is 14.1 Å². The Morgan fingerprint density at radius 3 is 2.75 bits per heavy atom. The van der Waals surface area contributed by atoms with E-state index >= 15 is 0 Å². The molecule has 0 aromatic heterocycles. The largest absolute Gasteiger partial charge is 0.320 e. The van der Waals surface area contributed by atoms with Gasteiger partial charge in [0, 0.05) is 17.1 Å². The molecule has 0 fully saturated rings. The maximum atomic E-state index is 5.74. The minimum atomic E-state index is 0.684. The van der Waals surface area contributed by atoms with Gasteiger partial charge in [-0.3, -0.25) is 0 Å². The molecule has 0 aromatic rings. The van der Waals surface area contributed by atoms with Gasteiger partial charge < -0.3 is 10.2 Å². The van der Waals surface area contributed by atoms with Crippen LogP contribution in [0.4, 0.5) is 0 Å². The summed E-state index contributed by atoms with van der Waals surface area (Å²) in [6, 6.07) is 0. The van der Waals surface area contributed by atoms with Crippen LogP contribution in [0.3, 0.4) is 0 Å². The molecule has 0 aliphatic heterocycles. The molecule has 12 heavy (non-hydrogen) atoms. The predicted molar refractivity (Wildman–Crippen MR) is 55.8 cm³/mol. The highest BCUT2D eigenvalue weighted by Gasteiger charge is 1.99. The number of likely N-dealkylation sites (N-methyl/N-ethyl adjacent to an activating group) is 1. The van der Waals surface area contributed by atoms with Crippen molar-refractivity contribution in [3.63, 3.8) is 0 Å². The summed E-state index contributed by atoms with van der Waals surface area (Å²) in [7, 11) is 3.98. The van der Waals surface area contributed by atoms with Crippen LogP contribution in [0, 0.1) is 0 Å². The number of hydrogen-bond donors (Lipinski definition) is 1. The lowest BCUT2D eigenvalue weighted by Crippen LogP contribution is -2.23. The number of rotatable bonds is 6. The zero-order valence-electron chi connectivity index (χ0n) is 7.61. The van der Waals surface area contributed by atoms with Crippen LogP contribution in [0.1, 0.15) is 6.42 Å². The maximum absolute atomic E-state index is 5.74. The topological polar surface area (TPSA) is 15.3 Å². The van der Waals surface area contributed by atoms with Crippen LogP contribution in [-0.2, 0) is 0 Å².